The van der Waals surface area contributed by atoms with Gasteiger partial charge in [-0.2, -0.15) is 5.10 Å². The zero-order chi connectivity index (χ0) is 24.5. The van der Waals surface area contributed by atoms with E-state index < -0.39 is 0 Å². The largest absolute Gasteiger partial charge is 0.492 e. The van der Waals surface area contributed by atoms with Crippen molar-refractivity contribution < 1.29 is 14.3 Å². The predicted molar refractivity (Wildman–Crippen MR) is 137 cm³/mol. The number of nitrogens with one attached hydrogen (secondary N) is 1. The molecule has 1 aromatic heterocycles. The average Bonchev–Trinajstić information content (AvgIpc) is 3.31. The molecule has 1 aliphatic rings. The fraction of sp³-hybridized carbons (Fsp3) is 0.407. The van der Waals surface area contributed by atoms with Crippen molar-refractivity contribution in [1.82, 2.24) is 19.6 Å². The zero-order valence-corrected chi connectivity index (χ0v) is 20.7. The number of aryl methyl sites for hydroxylation is 1. The van der Waals surface area contributed by atoms with E-state index in [4.69, 9.17) is 9.47 Å². The van der Waals surface area contributed by atoms with Gasteiger partial charge < -0.3 is 19.7 Å². The van der Waals surface area contributed by atoms with E-state index in [2.05, 4.69) is 27.1 Å². The number of hydrogen-bond acceptors (Lipinski definition) is 6. The van der Waals surface area contributed by atoms with E-state index in [0.29, 0.717) is 18.9 Å². The lowest BCUT2D eigenvalue weighted by Gasteiger charge is -2.33. The van der Waals surface area contributed by atoms with Crippen molar-refractivity contribution in [3.05, 3.63) is 66.4 Å². The van der Waals surface area contributed by atoms with Gasteiger partial charge in [0.05, 0.1) is 12.3 Å². The lowest BCUT2D eigenvalue weighted by molar-refractivity contribution is -0.121. The molecule has 35 heavy (non-hydrogen) atoms. The number of anilines is 1. The Labute approximate surface area is 207 Å². The molecule has 3 aromatic rings. The average molecular weight is 478 g/mol. The lowest BCUT2D eigenvalue weighted by atomic mass is 10.1. The summed E-state index contributed by atoms with van der Waals surface area (Å²) in [7, 11) is 1.90. The van der Waals surface area contributed by atoms with Gasteiger partial charge in [0.25, 0.3) is 0 Å². The summed E-state index contributed by atoms with van der Waals surface area (Å²) in [6.45, 7) is 9.57. The molecule has 186 valence electrons. The molecule has 8 heteroatoms. The highest BCUT2D eigenvalue weighted by atomic mass is 16.5. The van der Waals surface area contributed by atoms with E-state index in [1.807, 2.05) is 61.6 Å². The summed E-state index contributed by atoms with van der Waals surface area (Å²) in [5, 5.41) is 7.24. The van der Waals surface area contributed by atoms with Crippen LogP contribution in [-0.4, -0.2) is 78.0 Å². The van der Waals surface area contributed by atoms with Gasteiger partial charge in [-0.05, 0) is 36.4 Å². The molecule has 0 spiro atoms. The molecular weight excluding hydrogens is 442 g/mol. The molecule has 1 amide bonds. The van der Waals surface area contributed by atoms with Crippen molar-refractivity contribution >= 4 is 11.6 Å². The van der Waals surface area contributed by atoms with Gasteiger partial charge in [0.1, 0.15) is 19.0 Å². The van der Waals surface area contributed by atoms with Crippen molar-refractivity contribution in [3.63, 3.8) is 0 Å². The second kappa shape index (κ2) is 12.5. The number of nitrogens with zero attached hydrogens (tertiary/aromatic N) is 4. The number of benzene rings is 2. The fourth-order valence-corrected chi connectivity index (χ4v) is 4.22. The maximum absolute atomic E-state index is 12.5. The van der Waals surface area contributed by atoms with Crippen LogP contribution in [0.5, 0.6) is 5.75 Å². The van der Waals surface area contributed by atoms with Crippen molar-refractivity contribution in [2.24, 2.45) is 7.05 Å². The van der Waals surface area contributed by atoms with Crippen LogP contribution in [0, 0.1) is 0 Å². The number of carbonyl (C=O) groups excluding carboxylic acids is 1. The van der Waals surface area contributed by atoms with E-state index in [-0.39, 0.29) is 12.5 Å². The standard InChI is InChI=1S/C27H35N5O3/c1-3-31-13-15-32(16-14-31)17-18-35-26-10-9-23(19-24(26)25-11-12-28-30(25)2)29-27(33)21-34-20-22-7-5-4-6-8-22/h4-12,19H,3,13-18,20-21H2,1-2H3,(H,29,33). The predicted octanol–water partition coefficient (Wildman–Crippen LogP) is 3.26. The Hall–Kier alpha value is -3.20. The second-order valence-corrected chi connectivity index (χ2v) is 8.70. The monoisotopic (exact) mass is 477 g/mol. The van der Waals surface area contributed by atoms with Crippen molar-refractivity contribution in [3.8, 4) is 17.0 Å². The molecule has 0 aliphatic carbocycles. The minimum absolute atomic E-state index is 0.0144. The minimum Gasteiger partial charge on any atom is -0.492 e. The summed E-state index contributed by atoms with van der Waals surface area (Å²) in [4.78, 5) is 17.4. The lowest BCUT2D eigenvalue weighted by Crippen LogP contribution is -2.47. The first kappa shape index (κ1) is 24.9. The van der Waals surface area contributed by atoms with E-state index in [9.17, 15) is 4.79 Å². The van der Waals surface area contributed by atoms with Crippen molar-refractivity contribution in [2.75, 3.05) is 57.8 Å². The Morgan fingerprint density at radius 3 is 2.51 bits per heavy atom. The minimum atomic E-state index is -0.197. The summed E-state index contributed by atoms with van der Waals surface area (Å²) in [6.07, 6.45) is 1.76. The highest BCUT2D eigenvalue weighted by Gasteiger charge is 2.16. The molecule has 8 nitrogen and oxygen atoms in total. The number of aromatic nitrogens is 2. The summed E-state index contributed by atoms with van der Waals surface area (Å²) < 4.78 is 13.6. The van der Waals surface area contributed by atoms with Gasteiger partial charge in [0, 0.05) is 57.2 Å². The maximum atomic E-state index is 12.5. The topological polar surface area (TPSA) is 71.9 Å². The molecule has 0 radical (unpaired) electrons. The Balaban J connectivity index is 1.35. The van der Waals surface area contributed by atoms with E-state index in [1.54, 1.807) is 10.9 Å². The highest BCUT2D eigenvalue weighted by Crippen LogP contribution is 2.32. The van der Waals surface area contributed by atoms with Crippen molar-refractivity contribution in [1.29, 1.82) is 0 Å². The summed E-state index contributed by atoms with van der Waals surface area (Å²) in [5.74, 6) is 0.580. The van der Waals surface area contributed by atoms with Crippen LogP contribution in [0.2, 0.25) is 0 Å². The van der Waals surface area contributed by atoms with Crippen LogP contribution in [0.3, 0.4) is 0 Å². The highest BCUT2D eigenvalue weighted by molar-refractivity contribution is 5.92. The Morgan fingerprint density at radius 2 is 1.80 bits per heavy atom. The zero-order valence-electron chi connectivity index (χ0n) is 20.7. The number of hydrogen-bond donors (Lipinski definition) is 1. The first-order valence-corrected chi connectivity index (χ1v) is 12.2. The third-order valence-corrected chi connectivity index (χ3v) is 6.28. The van der Waals surface area contributed by atoms with Gasteiger partial charge >= 0.3 is 0 Å². The van der Waals surface area contributed by atoms with Crippen LogP contribution in [0.25, 0.3) is 11.3 Å². The van der Waals surface area contributed by atoms with Crippen LogP contribution in [0.1, 0.15) is 12.5 Å². The van der Waals surface area contributed by atoms with Gasteiger partial charge in [-0.15, -0.1) is 0 Å². The van der Waals surface area contributed by atoms with Gasteiger partial charge in [0.2, 0.25) is 5.91 Å². The number of amides is 1. The van der Waals surface area contributed by atoms with Crippen molar-refractivity contribution in [2.45, 2.75) is 13.5 Å². The van der Waals surface area contributed by atoms with E-state index in [1.165, 1.54) is 0 Å². The summed E-state index contributed by atoms with van der Waals surface area (Å²) in [5.41, 5.74) is 3.54. The second-order valence-electron chi connectivity index (χ2n) is 8.70. The number of piperazine rings is 1. The quantitative estimate of drug-likeness (QED) is 0.457. The molecule has 2 aromatic carbocycles. The molecular formula is C27H35N5O3. The number of likely N-dealkylation sites (N-methyl/N-ethyl adjacent to an activating group) is 1. The molecule has 0 unspecified atom stereocenters. The summed E-state index contributed by atoms with van der Waals surface area (Å²) >= 11 is 0. The van der Waals surface area contributed by atoms with Crippen LogP contribution >= 0.6 is 0 Å². The van der Waals surface area contributed by atoms with E-state index in [0.717, 1.165) is 61.8 Å². The molecule has 1 saturated heterocycles. The maximum Gasteiger partial charge on any atom is 0.250 e. The normalized spacial score (nSPS) is 14.7. The van der Waals surface area contributed by atoms with Gasteiger partial charge in [0.15, 0.2) is 0 Å². The van der Waals surface area contributed by atoms with Crippen LogP contribution in [-0.2, 0) is 23.2 Å². The SMILES string of the molecule is CCN1CCN(CCOc2ccc(NC(=O)COCc3ccccc3)cc2-c2ccnn2C)CC1. The number of rotatable bonds is 11. The van der Waals surface area contributed by atoms with Crippen LogP contribution in [0.4, 0.5) is 5.69 Å². The molecule has 1 aliphatic heterocycles. The third-order valence-electron chi connectivity index (χ3n) is 6.28. The number of ether oxygens (including phenoxy) is 2. The Morgan fingerprint density at radius 1 is 1.03 bits per heavy atom. The van der Waals surface area contributed by atoms with Crippen LogP contribution in [0.15, 0.2) is 60.8 Å². The molecule has 4 rings (SSSR count). The molecule has 0 saturated carbocycles. The third kappa shape index (κ3) is 7.14. The molecule has 0 bridgehead atoms. The smallest absolute Gasteiger partial charge is 0.250 e. The summed E-state index contributed by atoms with van der Waals surface area (Å²) in [6, 6.07) is 17.5. The first-order chi connectivity index (χ1) is 17.1. The Bertz CT molecular complexity index is 1080. The van der Waals surface area contributed by atoms with E-state index >= 15 is 0 Å². The van der Waals surface area contributed by atoms with Gasteiger partial charge in [-0.3, -0.25) is 14.4 Å². The fourth-order valence-electron chi connectivity index (χ4n) is 4.22. The molecule has 1 N–H and O–H groups in total. The van der Waals surface area contributed by atoms with Crippen LogP contribution < -0.4 is 10.1 Å². The first-order valence-electron chi connectivity index (χ1n) is 12.2. The Kier molecular flexibility index (Phi) is 8.89. The number of carbonyl (C=O) groups is 1. The van der Waals surface area contributed by atoms with Gasteiger partial charge in [-0.25, -0.2) is 0 Å². The van der Waals surface area contributed by atoms with Gasteiger partial charge in [-0.1, -0.05) is 37.3 Å². The molecule has 1 fully saturated rings. The molecule has 2 heterocycles. The molecule has 0 atom stereocenters.